The van der Waals surface area contributed by atoms with Crippen LogP contribution in [0.15, 0.2) is 18.2 Å². The van der Waals surface area contributed by atoms with E-state index >= 15 is 0 Å². The van der Waals surface area contributed by atoms with Crippen LogP contribution in [-0.2, 0) is 9.53 Å². The van der Waals surface area contributed by atoms with Crippen molar-refractivity contribution in [2.75, 3.05) is 17.7 Å². The van der Waals surface area contributed by atoms with Gasteiger partial charge in [0.25, 0.3) is 0 Å². The van der Waals surface area contributed by atoms with Gasteiger partial charge in [-0.2, -0.15) is 0 Å². The first-order chi connectivity index (χ1) is 13.4. The number of fused-ring (bicyclic) bond motifs is 4. The number of anilines is 2. The minimum absolute atomic E-state index is 0.0892. The smallest absolute Gasteiger partial charge is 0.235 e. The molecule has 0 fully saturated rings. The molecular weight excluding hydrogens is 382 g/mol. The summed E-state index contributed by atoms with van der Waals surface area (Å²) in [6.07, 6.45) is 1.81. The van der Waals surface area contributed by atoms with Crippen LogP contribution in [0, 0.1) is 5.92 Å². The van der Waals surface area contributed by atoms with Gasteiger partial charge in [-0.1, -0.05) is 31.4 Å². The van der Waals surface area contributed by atoms with Crippen molar-refractivity contribution in [3.05, 3.63) is 29.2 Å². The van der Waals surface area contributed by atoms with E-state index in [-0.39, 0.29) is 17.9 Å². The molecule has 152 valence electrons. The average Bonchev–Trinajstić information content (AvgIpc) is 3.02. The van der Waals surface area contributed by atoms with E-state index in [1.54, 1.807) is 18.2 Å². The second kappa shape index (κ2) is 8.91. The lowest BCUT2D eigenvalue weighted by Gasteiger charge is -2.17. The van der Waals surface area contributed by atoms with E-state index in [0.717, 1.165) is 19.3 Å². The van der Waals surface area contributed by atoms with Crippen LogP contribution in [0.1, 0.15) is 44.5 Å². The van der Waals surface area contributed by atoms with Crippen molar-refractivity contribution in [1.29, 1.82) is 0 Å². The lowest BCUT2D eigenvalue weighted by molar-refractivity contribution is -0.117. The van der Waals surface area contributed by atoms with Gasteiger partial charge >= 0.3 is 0 Å². The Balaban J connectivity index is 2.04. The van der Waals surface area contributed by atoms with Gasteiger partial charge in [0.1, 0.15) is 16.7 Å². The fourth-order valence-electron chi connectivity index (χ4n) is 3.31. The molecule has 0 saturated carbocycles. The van der Waals surface area contributed by atoms with Gasteiger partial charge in [0.05, 0.1) is 11.7 Å². The van der Waals surface area contributed by atoms with Crippen LogP contribution in [-0.4, -0.2) is 34.5 Å². The Morgan fingerprint density at radius 2 is 2.21 bits per heavy atom. The van der Waals surface area contributed by atoms with Crippen molar-refractivity contribution in [3.63, 3.8) is 0 Å². The summed E-state index contributed by atoms with van der Waals surface area (Å²) in [5.41, 5.74) is 8.58. The zero-order chi connectivity index (χ0) is 20.3. The Kier molecular flexibility index (Phi) is 6.56. The van der Waals surface area contributed by atoms with E-state index < -0.39 is 6.41 Å². The number of carbonyl (C=O) groups excluding carboxylic acids is 1. The molecule has 1 aliphatic heterocycles. The predicted molar refractivity (Wildman–Crippen MR) is 109 cm³/mol. The SMILES string of the molecule is COC(O)Nc1ccc2c(c1)NC(=O)C[C@H](C)CCC[C@H](N)c1nc-2c(Cl)[nH]1. The van der Waals surface area contributed by atoms with Gasteiger partial charge in [-0.15, -0.1) is 0 Å². The first-order valence-electron chi connectivity index (χ1n) is 9.30. The highest BCUT2D eigenvalue weighted by Crippen LogP contribution is 2.35. The van der Waals surface area contributed by atoms with E-state index in [9.17, 15) is 9.90 Å². The van der Waals surface area contributed by atoms with Crippen molar-refractivity contribution in [2.45, 2.75) is 45.1 Å². The van der Waals surface area contributed by atoms with E-state index in [1.807, 2.05) is 0 Å². The summed E-state index contributed by atoms with van der Waals surface area (Å²) < 4.78 is 4.82. The van der Waals surface area contributed by atoms with Crippen LogP contribution >= 0.6 is 11.6 Å². The minimum Gasteiger partial charge on any atom is -0.351 e. The second-order valence-corrected chi connectivity index (χ2v) is 7.55. The summed E-state index contributed by atoms with van der Waals surface area (Å²) in [6.45, 7) is 2.06. The van der Waals surface area contributed by atoms with Crippen LogP contribution in [0.3, 0.4) is 0 Å². The molecule has 1 unspecified atom stereocenters. The molecule has 6 N–H and O–H groups in total. The van der Waals surface area contributed by atoms with E-state index in [0.29, 0.717) is 40.0 Å². The monoisotopic (exact) mass is 407 g/mol. The number of hydrogen-bond donors (Lipinski definition) is 5. The molecule has 0 spiro atoms. The lowest BCUT2D eigenvalue weighted by atomic mass is 9.98. The molecular formula is C19H26ClN5O3. The number of H-pyrrole nitrogens is 1. The largest absolute Gasteiger partial charge is 0.351 e. The van der Waals surface area contributed by atoms with Crippen molar-refractivity contribution in [3.8, 4) is 11.3 Å². The standard InChI is InChI=1S/C19H26ClN5O3/c1-10-4-3-5-13(21)18-24-16(17(20)25-18)12-7-6-11(22-19(27)28-2)9-14(12)23-15(26)8-10/h6-7,9-10,13,19,22,27H,3-5,8,21H2,1-2H3,(H,23,26)(H,24,25)/t10-,13+,19?/m1/s1. The Morgan fingerprint density at radius 3 is 2.96 bits per heavy atom. The van der Waals surface area contributed by atoms with Gasteiger partial charge in [0, 0.05) is 24.8 Å². The highest BCUT2D eigenvalue weighted by atomic mass is 35.5. The minimum atomic E-state index is -1.16. The zero-order valence-corrected chi connectivity index (χ0v) is 16.7. The molecule has 8 nitrogen and oxygen atoms in total. The normalized spacial score (nSPS) is 21.5. The molecule has 2 aromatic rings. The molecule has 1 aromatic carbocycles. The maximum Gasteiger partial charge on any atom is 0.235 e. The first kappa shape index (κ1) is 20.6. The van der Waals surface area contributed by atoms with Crippen LogP contribution in [0.25, 0.3) is 11.3 Å². The number of rotatable bonds is 3. The topological polar surface area (TPSA) is 125 Å². The summed E-state index contributed by atoms with van der Waals surface area (Å²) in [6, 6.07) is 4.99. The van der Waals surface area contributed by atoms with E-state index in [2.05, 4.69) is 27.5 Å². The number of ether oxygens (including phenoxy) is 1. The number of amides is 1. The number of nitrogens with one attached hydrogen (secondary N) is 3. The molecule has 28 heavy (non-hydrogen) atoms. The van der Waals surface area contributed by atoms with Gasteiger partial charge in [-0.3, -0.25) is 4.79 Å². The van der Waals surface area contributed by atoms with Crippen LogP contribution in [0.2, 0.25) is 5.15 Å². The maximum absolute atomic E-state index is 12.6. The Bertz CT molecular complexity index is 841. The number of aliphatic hydroxyl groups is 1. The number of halogens is 1. The summed E-state index contributed by atoms with van der Waals surface area (Å²) in [4.78, 5) is 20.2. The third-order valence-electron chi connectivity index (χ3n) is 4.84. The van der Waals surface area contributed by atoms with Gasteiger partial charge in [0.2, 0.25) is 12.3 Å². The maximum atomic E-state index is 12.6. The predicted octanol–water partition coefficient (Wildman–Crippen LogP) is 3.21. The number of carbonyl (C=O) groups is 1. The van der Waals surface area contributed by atoms with Crippen LogP contribution < -0.4 is 16.4 Å². The van der Waals surface area contributed by atoms with Crippen molar-refractivity contribution < 1.29 is 14.6 Å². The molecule has 9 heteroatoms. The fourth-order valence-corrected chi connectivity index (χ4v) is 3.55. The molecule has 1 amide bonds. The average molecular weight is 408 g/mol. The Hall–Kier alpha value is -2.13. The summed E-state index contributed by atoms with van der Waals surface area (Å²) in [7, 11) is 1.38. The third-order valence-corrected chi connectivity index (χ3v) is 5.11. The van der Waals surface area contributed by atoms with E-state index in [4.69, 9.17) is 22.1 Å². The lowest BCUT2D eigenvalue weighted by Crippen LogP contribution is -2.21. The molecule has 0 aliphatic carbocycles. The molecule has 0 saturated heterocycles. The summed E-state index contributed by atoms with van der Waals surface area (Å²) >= 11 is 6.39. The van der Waals surface area contributed by atoms with Crippen molar-refractivity contribution in [1.82, 2.24) is 9.97 Å². The number of hydrogen-bond acceptors (Lipinski definition) is 6. The van der Waals surface area contributed by atoms with Gasteiger partial charge in [-0.25, -0.2) is 4.98 Å². The van der Waals surface area contributed by atoms with Crippen molar-refractivity contribution >= 4 is 28.9 Å². The molecule has 2 heterocycles. The summed E-state index contributed by atoms with van der Waals surface area (Å²) in [5.74, 6) is 0.776. The number of benzene rings is 1. The van der Waals surface area contributed by atoms with Crippen LogP contribution in [0.5, 0.6) is 0 Å². The fraction of sp³-hybridized carbons (Fsp3) is 0.474. The third kappa shape index (κ3) is 4.82. The number of nitrogens with two attached hydrogens (primary N) is 1. The molecule has 2 bridgehead atoms. The van der Waals surface area contributed by atoms with Gasteiger partial charge in [-0.05, 0) is 30.5 Å². The second-order valence-electron chi connectivity index (χ2n) is 7.17. The summed E-state index contributed by atoms with van der Waals surface area (Å²) in [5, 5.41) is 15.8. The van der Waals surface area contributed by atoms with E-state index in [1.165, 1.54) is 7.11 Å². The molecule has 3 rings (SSSR count). The first-order valence-corrected chi connectivity index (χ1v) is 9.67. The quantitative estimate of drug-likeness (QED) is 0.497. The highest BCUT2D eigenvalue weighted by Gasteiger charge is 2.21. The molecule has 1 aromatic heterocycles. The number of aromatic nitrogens is 2. The number of nitrogens with zero attached hydrogens (tertiary/aromatic N) is 1. The Labute approximate surface area is 168 Å². The zero-order valence-electron chi connectivity index (χ0n) is 16.0. The molecule has 1 aliphatic rings. The number of aromatic amines is 1. The van der Waals surface area contributed by atoms with Crippen LogP contribution in [0.4, 0.5) is 11.4 Å². The van der Waals surface area contributed by atoms with Gasteiger partial charge < -0.3 is 31.2 Å². The van der Waals surface area contributed by atoms with Gasteiger partial charge in [0.15, 0.2) is 0 Å². The number of methoxy groups -OCH3 is 1. The van der Waals surface area contributed by atoms with Crippen molar-refractivity contribution in [2.24, 2.45) is 11.7 Å². The Morgan fingerprint density at radius 1 is 1.43 bits per heavy atom. The number of aliphatic hydroxyl groups excluding tert-OH is 1. The highest BCUT2D eigenvalue weighted by molar-refractivity contribution is 6.32. The molecule has 0 radical (unpaired) electrons. The number of imidazole rings is 1. The molecule has 3 atom stereocenters.